The molecule has 0 radical (unpaired) electrons. The second kappa shape index (κ2) is 10.8. The molecule has 0 aromatic heterocycles. The van der Waals surface area contributed by atoms with E-state index < -0.39 is 12.1 Å². The van der Waals surface area contributed by atoms with Gasteiger partial charge in [-0.25, -0.2) is 4.99 Å². The van der Waals surface area contributed by atoms with E-state index in [2.05, 4.69) is 15.6 Å². The monoisotopic (exact) mass is 501 g/mol. The van der Waals surface area contributed by atoms with Crippen LogP contribution in [0.15, 0.2) is 23.2 Å². The first-order valence-corrected chi connectivity index (χ1v) is 8.81. The first-order chi connectivity index (χ1) is 12.3. The molecule has 3 N–H and O–H groups in total. The molecule has 0 saturated heterocycles. The highest BCUT2D eigenvalue weighted by atomic mass is 127. The number of hydrogen-bond donors (Lipinski definition) is 3. The molecule has 9 heteroatoms. The van der Waals surface area contributed by atoms with Gasteiger partial charge in [0.25, 0.3) is 0 Å². The number of phenols is 1. The second-order valence-electron chi connectivity index (χ2n) is 6.42. The van der Waals surface area contributed by atoms with Crippen molar-refractivity contribution >= 4 is 29.9 Å². The molecule has 1 aliphatic rings. The van der Waals surface area contributed by atoms with E-state index in [4.69, 9.17) is 4.74 Å². The van der Waals surface area contributed by atoms with Crippen LogP contribution in [0.4, 0.5) is 13.2 Å². The average Bonchev–Trinajstić information content (AvgIpc) is 2.60. The largest absolute Gasteiger partial charge is 0.508 e. The highest BCUT2D eigenvalue weighted by molar-refractivity contribution is 14.0. The quantitative estimate of drug-likeness (QED) is 0.322. The Labute approximate surface area is 174 Å². The van der Waals surface area contributed by atoms with Crippen LogP contribution in [0.25, 0.3) is 0 Å². The van der Waals surface area contributed by atoms with Gasteiger partial charge in [-0.05, 0) is 50.8 Å². The third-order valence-corrected chi connectivity index (χ3v) is 4.57. The van der Waals surface area contributed by atoms with E-state index in [0.717, 1.165) is 0 Å². The zero-order valence-corrected chi connectivity index (χ0v) is 17.8. The van der Waals surface area contributed by atoms with E-state index in [9.17, 15) is 18.3 Å². The van der Waals surface area contributed by atoms with Gasteiger partial charge in [0.1, 0.15) is 11.5 Å². The molecule has 0 unspecified atom stereocenters. The predicted octanol–water partition coefficient (Wildman–Crippen LogP) is 4.20. The first-order valence-electron chi connectivity index (χ1n) is 8.81. The number of guanidine groups is 1. The van der Waals surface area contributed by atoms with Gasteiger partial charge in [-0.2, -0.15) is 13.2 Å². The highest BCUT2D eigenvalue weighted by Crippen LogP contribution is 2.37. The van der Waals surface area contributed by atoms with E-state index in [1.807, 2.05) is 6.92 Å². The van der Waals surface area contributed by atoms with Crippen LogP contribution in [0, 0.1) is 5.92 Å². The van der Waals surface area contributed by atoms with E-state index >= 15 is 0 Å². The molecule has 1 aromatic rings. The maximum atomic E-state index is 12.8. The summed E-state index contributed by atoms with van der Waals surface area (Å²) in [5.74, 6) is 0.0755. The van der Waals surface area contributed by atoms with Crippen molar-refractivity contribution in [2.24, 2.45) is 10.9 Å². The summed E-state index contributed by atoms with van der Waals surface area (Å²) < 4.78 is 43.4. The fourth-order valence-corrected chi connectivity index (χ4v) is 3.06. The lowest BCUT2D eigenvalue weighted by Gasteiger charge is -2.31. The highest BCUT2D eigenvalue weighted by Gasteiger charge is 2.41. The zero-order chi connectivity index (χ0) is 19.2. The number of methoxy groups -OCH3 is 1. The molecule has 1 saturated carbocycles. The molecule has 0 heterocycles. The molecular formula is C18H27F3IN3O2. The molecule has 0 spiro atoms. The second-order valence-corrected chi connectivity index (χ2v) is 6.42. The normalized spacial score (nSPS) is 20.6. The van der Waals surface area contributed by atoms with Crippen molar-refractivity contribution in [1.29, 1.82) is 0 Å². The van der Waals surface area contributed by atoms with Gasteiger partial charge >= 0.3 is 6.18 Å². The number of halogens is 4. The summed E-state index contributed by atoms with van der Waals surface area (Å²) in [6, 6.07) is 4.87. The molecule has 5 nitrogen and oxygen atoms in total. The predicted molar refractivity (Wildman–Crippen MR) is 110 cm³/mol. The minimum absolute atomic E-state index is 0. The Bertz CT molecular complexity index is 618. The lowest BCUT2D eigenvalue weighted by molar-refractivity contribution is -0.182. The van der Waals surface area contributed by atoms with Gasteiger partial charge in [0.05, 0.1) is 19.6 Å². The SMILES string of the molecule is CCNC(=NCc1cc(OC)ccc1O)NC1CCC(C(F)(F)F)CC1.I. The van der Waals surface area contributed by atoms with Gasteiger partial charge in [-0.15, -0.1) is 24.0 Å². The average molecular weight is 501 g/mol. The molecule has 1 fully saturated rings. The Hall–Kier alpha value is -1.39. The van der Waals surface area contributed by atoms with Crippen molar-refractivity contribution in [3.05, 3.63) is 23.8 Å². The number of rotatable bonds is 5. The summed E-state index contributed by atoms with van der Waals surface area (Å²) in [6.07, 6.45) is -2.92. The van der Waals surface area contributed by atoms with Crippen LogP contribution in [0.2, 0.25) is 0 Å². The molecule has 1 aliphatic carbocycles. The number of aliphatic imine (C=N–C) groups is 1. The molecule has 154 valence electrons. The molecule has 27 heavy (non-hydrogen) atoms. The molecule has 2 rings (SSSR count). The maximum Gasteiger partial charge on any atom is 0.391 e. The number of alkyl halides is 3. The van der Waals surface area contributed by atoms with E-state index in [1.54, 1.807) is 25.3 Å². The van der Waals surface area contributed by atoms with Crippen molar-refractivity contribution in [1.82, 2.24) is 10.6 Å². The third kappa shape index (κ3) is 7.27. The van der Waals surface area contributed by atoms with Gasteiger partial charge < -0.3 is 20.5 Å². The van der Waals surface area contributed by atoms with Crippen molar-refractivity contribution in [2.75, 3.05) is 13.7 Å². The van der Waals surface area contributed by atoms with Crippen LogP contribution in [0.5, 0.6) is 11.5 Å². The lowest BCUT2D eigenvalue weighted by atomic mass is 9.85. The van der Waals surface area contributed by atoms with Crippen molar-refractivity contribution in [2.45, 2.75) is 51.4 Å². The minimum Gasteiger partial charge on any atom is -0.508 e. The smallest absolute Gasteiger partial charge is 0.391 e. The minimum atomic E-state index is -4.10. The summed E-state index contributed by atoms with van der Waals surface area (Å²) >= 11 is 0. The summed E-state index contributed by atoms with van der Waals surface area (Å²) in [6.45, 7) is 2.78. The number of phenolic OH excluding ortho intramolecular Hbond substituents is 1. The van der Waals surface area contributed by atoms with Gasteiger partial charge in [-0.3, -0.25) is 0 Å². The van der Waals surface area contributed by atoms with Crippen molar-refractivity contribution in [3.63, 3.8) is 0 Å². The molecule has 0 aliphatic heterocycles. The number of ether oxygens (including phenoxy) is 1. The molecule has 0 bridgehead atoms. The number of aromatic hydroxyl groups is 1. The van der Waals surface area contributed by atoms with E-state index in [1.165, 1.54) is 0 Å². The number of nitrogens with zero attached hydrogens (tertiary/aromatic N) is 1. The standard InChI is InChI=1S/C18H26F3N3O2.HI/c1-3-22-17(23-11-12-10-15(26-2)8-9-16(12)25)24-14-6-4-13(5-7-14)18(19,20)21;/h8-10,13-14,25H,3-7,11H2,1-2H3,(H2,22,23,24);1H. The van der Waals surface area contributed by atoms with Crippen molar-refractivity contribution < 1.29 is 23.0 Å². The zero-order valence-electron chi connectivity index (χ0n) is 15.5. The van der Waals surface area contributed by atoms with Crippen LogP contribution in [0.3, 0.4) is 0 Å². The van der Waals surface area contributed by atoms with Gasteiger partial charge in [0.15, 0.2) is 5.96 Å². The number of nitrogens with one attached hydrogen (secondary N) is 2. The third-order valence-electron chi connectivity index (χ3n) is 4.57. The molecule has 0 atom stereocenters. The van der Waals surface area contributed by atoms with E-state index in [0.29, 0.717) is 36.7 Å². The Morgan fingerprint density at radius 1 is 1.26 bits per heavy atom. The van der Waals surface area contributed by atoms with Crippen LogP contribution in [-0.2, 0) is 6.54 Å². The maximum absolute atomic E-state index is 12.8. The van der Waals surface area contributed by atoms with Crippen LogP contribution in [-0.4, -0.2) is 36.9 Å². The molecule has 0 amide bonds. The van der Waals surface area contributed by atoms with Gasteiger partial charge in [0, 0.05) is 18.2 Å². The molecular weight excluding hydrogens is 474 g/mol. The Morgan fingerprint density at radius 2 is 1.93 bits per heavy atom. The topological polar surface area (TPSA) is 65.9 Å². The number of benzene rings is 1. The molecule has 1 aromatic carbocycles. The Morgan fingerprint density at radius 3 is 2.48 bits per heavy atom. The summed E-state index contributed by atoms with van der Waals surface area (Å²) in [5.41, 5.74) is 0.613. The van der Waals surface area contributed by atoms with Crippen LogP contribution in [0.1, 0.15) is 38.2 Å². The van der Waals surface area contributed by atoms with E-state index in [-0.39, 0.29) is 55.2 Å². The lowest BCUT2D eigenvalue weighted by Crippen LogP contribution is -2.45. The fourth-order valence-electron chi connectivity index (χ4n) is 3.06. The number of hydrogen-bond acceptors (Lipinski definition) is 3. The van der Waals surface area contributed by atoms with Gasteiger partial charge in [-0.1, -0.05) is 0 Å². The van der Waals surface area contributed by atoms with Crippen LogP contribution < -0.4 is 15.4 Å². The Kier molecular flexibility index (Phi) is 9.48. The Balaban J connectivity index is 0.00000364. The summed E-state index contributed by atoms with van der Waals surface area (Å²) in [7, 11) is 1.54. The van der Waals surface area contributed by atoms with Crippen LogP contribution >= 0.6 is 24.0 Å². The van der Waals surface area contributed by atoms with Crippen molar-refractivity contribution in [3.8, 4) is 11.5 Å². The summed E-state index contributed by atoms with van der Waals surface area (Å²) in [4.78, 5) is 4.44. The summed E-state index contributed by atoms with van der Waals surface area (Å²) in [5, 5.41) is 16.2. The first kappa shape index (κ1) is 23.6. The van der Waals surface area contributed by atoms with Gasteiger partial charge in [0.2, 0.25) is 0 Å². The fraction of sp³-hybridized carbons (Fsp3) is 0.611.